The largest absolute Gasteiger partial charge is 0.334 e. The summed E-state index contributed by atoms with van der Waals surface area (Å²) < 4.78 is 0. The summed E-state index contributed by atoms with van der Waals surface area (Å²) in [5, 5.41) is 11.7. The Kier molecular flexibility index (Phi) is 3.78. The summed E-state index contributed by atoms with van der Waals surface area (Å²) in [6.07, 6.45) is 1.67. The number of nitriles is 1. The number of urea groups is 1. The van der Waals surface area contributed by atoms with E-state index in [9.17, 15) is 4.79 Å². The van der Waals surface area contributed by atoms with Crippen LogP contribution >= 0.6 is 23.2 Å². The van der Waals surface area contributed by atoms with Crippen LogP contribution < -0.4 is 5.32 Å². The third-order valence-electron chi connectivity index (χ3n) is 1.63. The maximum Gasteiger partial charge on any atom is 0.334 e. The minimum Gasteiger partial charge on any atom is -0.306 e. The van der Waals surface area contributed by atoms with Gasteiger partial charge in [-0.1, -0.05) is 23.2 Å². The molecule has 0 heterocycles. The van der Waals surface area contributed by atoms with Gasteiger partial charge in [0.2, 0.25) is 0 Å². The summed E-state index contributed by atoms with van der Waals surface area (Å²) in [6.45, 7) is 0. The van der Waals surface area contributed by atoms with Gasteiger partial charge in [0.05, 0.1) is 10.7 Å². The molecule has 0 saturated carbocycles. The second-order valence-corrected chi connectivity index (χ2v) is 3.56. The molecule has 0 radical (unpaired) electrons. The van der Waals surface area contributed by atoms with Crippen molar-refractivity contribution in [3.63, 3.8) is 0 Å². The van der Waals surface area contributed by atoms with Crippen LogP contribution in [0, 0.1) is 11.5 Å². The zero-order valence-electron chi connectivity index (χ0n) is 7.79. The number of carbonyl (C=O) groups excluding carboxylic acids is 1. The Morgan fingerprint density at radius 2 is 2.20 bits per heavy atom. The molecule has 1 aromatic rings. The maximum atomic E-state index is 11.3. The average Bonchev–Trinajstić information content (AvgIpc) is 2.20. The minimum absolute atomic E-state index is 0.321. The van der Waals surface area contributed by atoms with Crippen molar-refractivity contribution in [1.82, 2.24) is 4.90 Å². The number of halogens is 2. The Bertz CT molecular complexity index is 428. The van der Waals surface area contributed by atoms with Crippen LogP contribution in [0.2, 0.25) is 10.0 Å². The maximum absolute atomic E-state index is 11.3. The van der Waals surface area contributed by atoms with Crippen molar-refractivity contribution >= 4 is 34.9 Å². The fourth-order valence-corrected chi connectivity index (χ4v) is 1.29. The van der Waals surface area contributed by atoms with Crippen molar-refractivity contribution in [3.8, 4) is 6.19 Å². The van der Waals surface area contributed by atoms with Crippen LogP contribution in [0.5, 0.6) is 0 Å². The molecule has 0 atom stereocenters. The minimum atomic E-state index is -0.554. The fourth-order valence-electron chi connectivity index (χ4n) is 0.835. The molecule has 0 aliphatic rings. The summed E-state index contributed by atoms with van der Waals surface area (Å²) in [6, 6.07) is 4.11. The van der Waals surface area contributed by atoms with E-state index in [4.69, 9.17) is 28.5 Å². The molecule has 78 valence electrons. The lowest BCUT2D eigenvalue weighted by molar-refractivity contribution is 0.237. The van der Waals surface area contributed by atoms with Crippen LogP contribution in [0.15, 0.2) is 18.2 Å². The van der Waals surface area contributed by atoms with E-state index in [-0.39, 0.29) is 0 Å². The molecular weight excluding hydrogens is 237 g/mol. The highest BCUT2D eigenvalue weighted by molar-refractivity contribution is 6.36. The second-order valence-electron chi connectivity index (χ2n) is 2.71. The van der Waals surface area contributed by atoms with Crippen LogP contribution in [0.1, 0.15) is 0 Å². The topological polar surface area (TPSA) is 56.1 Å². The Morgan fingerprint density at radius 1 is 1.53 bits per heavy atom. The molecule has 4 nitrogen and oxygen atoms in total. The molecule has 0 bridgehead atoms. The number of benzene rings is 1. The van der Waals surface area contributed by atoms with E-state index < -0.39 is 6.03 Å². The lowest BCUT2D eigenvalue weighted by atomic mass is 10.3. The fraction of sp³-hybridized carbons (Fsp3) is 0.111. The Hall–Kier alpha value is -1.44. The molecule has 0 aliphatic heterocycles. The van der Waals surface area contributed by atoms with Gasteiger partial charge in [-0.25, -0.2) is 9.69 Å². The summed E-state index contributed by atoms with van der Waals surface area (Å²) in [7, 11) is 1.35. The van der Waals surface area contributed by atoms with Gasteiger partial charge < -0.3 is 5.32 Å². The van der Waals surface area contributed by atoms with E-state index in [2.05, 4.69) is 5.32 Å². The molecule has 0 fully saturated rings. The number of anilines is 1. The van der Waals surface area contributed by atoms with E-state index in [0.29, 0.717) is 15.7 Å². The first-order valence-electron chi connectivity index (χ1n) is 3.94. The highest BCUT2D eigenvalue weighted by Crippen LogP contribution is 2.25. The number of hydrogen-bond acceptors (Lipinski definition) is 2. The monoisotopic (exact) mass is 243 g/mol. The van der Waals surface area contributed by atoms with Crippen LogP contribution in [0.25, 0.3) is 0 Å². The number of carbonyl (C=O) groups is 1. The smallest absolute Gasteiger partial charge is 0.306 e. The Labute approximate surface area is 97.0 Å². The van der Waals surface area contributed by atoms with Crippen molar-refractivity contribution < 1.29 is 4.79 Å². The first-order valence-corrected chi connectivity index (χ1v) is 4.69. The summed E-state index contributed by atoms with van der Waals surface area (Å²) >= 11 is 11.5. The molecule has 1 aromatic carbocycles. The van der Waals surface area contributed by atoms with E-state index >= 15 is 0 Å². The van der Waals surface area contributed by atoms with Crippen molar-refractivity contribution in [1.29, 1.82) is 5.26 Å². The number of hydrogen-bond donors (Lipinski definition) is 1. The predicted molar refractivity (Wildman–Crippen MR) is 58.9 cm³/mol. The van der Waals surface area contributed by atoms with E-state index in [1.54, 1.807) is 18.3 Å². The number of nitrogens with zero attached hydrogens (tertiary/aromatic N) is 2. The molecule has 6 heteroatoms. The molecule has 1 rings (SSSR count). The van der Waals surface area contributed by atoms with Gasteiger partial charge in [0.1, 0.15) is 0 Å². The number of nitrogens with one attached hydrogen (secondary N) is 1. The summed E-state index contributed by atoms with van der Waals surface area (Å²) in [4.78, 5) is 12.1. The SMILES string of the molecule is CN(C#N)C(=O)Nc1ccc(Cl)cc1Cl. The van der Waals surface area contributed by atoms with Crippen LogP contribution in [-0.2, 0) is 0 Å². The van der Waals surface area contributed by atoms with Crippen LogP contribution in [0.3, 0.4) is 0 Å². The highest BCUT2D eigenvalue weighted by Gasteiger charge is 2.09. The molecule has 0 aromatic heterocycles. The normalized spacial score (nSPS) is 9.20. The van der Waals surface area contributed by atoms with Gasteiger partial charge in [0, 0.05) is 12.1 Å². The van der Waals surface area contributed by atoms with Gasteiger partial charge in [-0.2, -0.15) is 5.26 Å². The third kappa shape index (κ3) is 3.01. The van der Waals surface area contributed by atoms with E-state index in [1.165, 1.54) is 13.1 Å². The molecule has 0 spiro atoms. The first kappa shape index (κ1) is 11.6. The highest BCUT2D eigenvalue weighted by atomic mass is 35.5. The lowest BCUT2D eigenvalue weighted by Crippen LogP contribution is -2.26. The molecule has 1 N–H and O–H groups in total. The van der Waals surface area contributed by atoms with Crippen molar-refractivity contribution in [2.24, 2.45) is 0 Å². The quantitative estimate of drug-likeness (QED) is 0.609. The van der Waals surface area contributed by atoms with Crippen LogP contribution in [0.4, 0.5) is 10.5 Å². The molecule has 0 unspecified atom stereocenters. The van der Waals surface area contributed by atoms with Gasteiger partial charge in [0.25, 0.3) is 0 Å². The van der Waals surface area contributed by atoms with Crippen molar-refractivity contribution in [2.45, 2.75) is 0 Å². The molecule has 2 amide bonds. The zero-order valence-corrected chi connectivity index (χ0v) is 9.30. The third-order valence-corrected chi connectivity index (χ3v) is 2.18. The predicted octanol–water partition coefficient (Wildman–Crippen LogP) is 2.94. The van der Waals surface area contributed by atoms with Gasteiger partial charge in [-0.05, 0) is 18.2 Å². The summed E-state index contributed by atoms with van der Waals surface area (Å²) in [5.74, 6) is 0. The Morgan fingerprint density at radius 3 is 2.73 bits per heavy atom. The van der Waals surface area contributed by atoms with Gasteiger partial charge >= 0.3 is 6.03 Å². The number of amides is 2. The molecule has 15 heavy (non-hydrogen) atoms. The summed E-state index contributed by atoms with van der Waals surface area (Å²) in [5.41, 5.74) is 0.410. The number of rotatable bonds is 1. The average molecular weight is 244 g/mol. The Balaban J connectivity index is 2.82. The molecular formula is C9H7Cl2N3O. The van der Waals surface area contributed by atoms with Crippen molar-refractivity contribution in [3.05, 3.63) is 28.2 Å². The standard InChI is InChI=1S/C9H7Cl2N3O/c1-14(5-12)9(15)13-8-3-2-6(10)4-7(8)11/h2-4H,1H3,(H,13,15). The molecule has 0 saturated heterocycles. The lowest BCUT2D eigenvalue weighted by Gasteiger charge is -2.10. The van der Waals surface area contributed by atoms with Gasteiger partial charge in [0.15, 0.2) is 6.19 Å². The van der Waals surface area contributed by atoms with Gasteiger partial charge in [-0.3, -0.25) is 0 Å². The van der Waals surface area contributed by atoms with Gasteiger partial charge in [-0.15, -0.1) is 0 Å². The zero-order chi connectivity index (χ0) is 11.4. The second kappa shape index (κ2) is 4.87. The first-order chi connectivity index (χ1) is 7.04. The van der Waals surface area contributed by atoms with E-state index in [1.807, 2.05) is 0 Å². The van der Waals surface area contributed by atoms with Crippen LogP contribution in [-0.4, -0.2) is 18.0 Å². The van der Waals surface area contributed by atoms with E-state index in [0.717, 1.165) is 4.90 Å². The van der Waals surface area contributed by atoms with Crippen molar-refractivity contribution in [2.75, 3.05) is 12.4 Å². The molecule has 0 aliphatic carbocycles.